The first kappa shape index (κ1) is 12.2. The number of nitrogens with one attached hydrogen (secondary N) is 1. The smallest absolute Gasteiger partial charge is 0.339 e. The van der Waals surface area contributed by atoms with Gasteiger partial charge in [0, 0.05) is 14.1 Å². The molecule has 0 aromatic rings. The Morgan fingerprint density at radius 3 is 2.38 bits per heavy atom. The fourth-order valence-corrected chi connectivity index (χ4v) is 0.668. The van der Waals surface area contributed by atoms with Crippen LogP contribution in [0.4, 0.5) is 4.79 Å². The second kappa shape index (κ2) is 5.04. The Hall–Kier alpha value is -0.810. The Morgan fingerprint density at radius 2 is 2.00 bits per heavy atom. The minimum atomic E-state index is -0.235. The van der Waals surface area contributed by atoms with Gasteiger partial charge in [-0.2, -0.15) is 0 Å². The first-order valence-corrected chi connectivity index (χ1v) is 4.25. The first-order chi connectivity index (χ1) is 5.87. The number of hydrogen-bond donors (Lipinski definition) is 1. The number of nitrogens with zero attached hydrogens (tertiary/aromatic N) is 2. The zero-order valence-electron chi connectivity index (χ0n) is 9.13. The van der Waals surface area contributed by atoms with E-state index < -0.39 is 0 Å². The van der Waals surface area contributed by atoms with Crippen molar-refractivity contribution in [2.75, 3.05) is 48.4 Å². The monoisotopic (exact) mass is 190 g/mol. The van der Waals surface area contributed by atoms with Crippen molar-refractivity contribution in [2.45, 2.75) is 0 Å². The van der Waals surface area contributed by atoms with E-state index in [2.05, 4.69) is 26.5 Å². The second-order valence-corrected chi connectivity index (χ2v) is 3.90. The lowest BCUT2D eigenvalue weighted by atomic mass is 10.5. The summed E-state index contributed by atoms with van der Waals surface area (Å²) in [5, 5.41) is 3.67. The van der Waals surface area contributed by atoms with Gasteiger partial charge in [0.15, 0.2) is 0 Å². The van der Waals surface area contributed by atoms with Crippen molar-refractivity contribution in [3.05, 3.63) is 0 Å². The molecule has 0 aliphatic carbocycles. The molecule has 1 N–H and O–H groups in total. The standard InChI is InChI=1S/C8H19N3O2/c1-9-8(12)10(2)13-7-6-11(3,4)5/h6-7H2,1-5H3/p+1. The summed E-state index contributed by atoms with van der Waals surface area (Å²) in [5.74, 6) is 0. The summed E-state index contributed by atoms with van der Waals surface area (Å²) < 4.78 is 0.821. The summed E-state index contributed by atoms with van der Waals surface area (Å²) in [6.07, 6.45) is 0. The largest absolute Gasteiger partial charge is 0.340 e. The second-order valence-electron chi connectivity index (χ2n) is 3.90. The van der Waals surface area contributed by atoms with Crippen LogP contribution in [-0.2, 0) is 4.84 Å². The highest BCUT2D eigenvalue weighted by atomic mass is 16.7. The number of hydroxylamine groups is 2. The Kier molecular flexibility index (Phi) is 4.72. The molecule has 0 rings (SSSR count). The summed E-state index contributed by atoms with van der Waals surface area (Å²) in [6.45, 7) is 1.40. The Balaban J connectivity index is 3.59. The molecule has 0 heterocycles. The predicted octanol–water partition coefficient (Wildman–Crippen LogP) is -0.105. The molecule has 5 heteroatoms. The number of carbonyl (C=O) groups is 1. The molecule has 0 spiro atoms. The number of rotatable bonds is 4. The lowest BCUT2D eigenvalue weighted by molar-refractivity contribution is -0.871. The van der Waals surface area contributed by atoms with Gasteiger partial charge in [-0.3, -0.25) is 4.84 Å². The number of hydrogen-bond acceptors (Lipinski definition) is 2. The minimum Gasteiger partial charge on any atom is -0.339 e. The van der Waals surface area contributed by atoms with Gasteiger partial charge < -0.3 is 9.80 Å². The van der Waals surface area contributed by atoms with Gasteiger partial charge >= 0.3 is 6.03 Å². The van der Waals surface area contributed by atoms with Gasteiger partial charge in [-0.25, -0.2) is 9.86 Å². The molecule has 2 amide bonds. The van der Waals surface area contributed by atoms with Gasteiger partial charge in [0.05, 0.1) is 21.1 Å². The van der Waals surface area contributed by atoms with Gasteiger partial charge in [-0.05, 0) is 0 Å². The van der Waals surface area contributed by atoms with Gasteiger partial charge in [-0.1, -0.05) is 0 Å². The highest BCUT2D eigenvalue weighted by Crippen LogP contribution is 1.92. The third-order valence-electron chi connectivity index (χ3n) is 1.55. The van der Waals surface area contributed by atoms with E-state index in [0.717, 1.165) is 11.0 Å². The van der Waals surface area contributed by atoms with E-state index in [1.165, 1.54) is 5.06 Å². The van der Waals surface area contributed by atoms with E-state index in [0.29, 0.717) is 6.61 Å². The molecule has 5 nitrogen and oxygen atoms in total. The van der Waals surface area contributed by atoms with E-state index in [1.54, 1.807) is 14.1 Å². The topological polar surface area (TPSA) is 41.6 Å². The maximum Gasteiger partial charge on any atom is 0.340 e. The predicted molar refractivity (Wildman–Crippen MR) is 51.1 cm³/mol. The van der Waals surface area contributed by atoms with Crippen LogP contribution in [0.1, 0.15) is 0 Å². The molecule has 0 aliphatic rings. The average molecular weight is 190 g/mol. The van der Waals surface area contributed by atoms with Crippen LogP contribution in [0, 0.1) is 0 Å². The van der Waals surface area contributed by atoms with E-state index in [9.17, 15) is 4.79 Å². The molecule has 0 bridgehead atoms. The quantitative estimate of drug-likeness (QED) is 0.496. The van der Waals surface area contributed by atoms with E-state index in [1.807, 2.05) is 0 Å². The van der Waals surface area contributed by atoms with Crippen molar-refractivity contribution >= 4 is 6.03 Å². The molecule has 78 valence electrons. The minimum absolute atomic E-state index is 0.235. The molecular formula is C8H20N3O2+. The fourth-order valence-electron chi connectivity index (χ4n) is 0.668. The lowest BCUT2D eigenvalue weighted by Gasteiger charge is -2.25. The number of urea groups is 1. The van der Waals surface area contributed by atoms with Crippen molar-refractivity contribution in [3.63, 3.8) is 0 Å². The summed E-state index contributed by atoms with van der Waals surface area (Å²) in [7, 11) is 9.38. The normalized spacial score (nSPS) is 11.2. The van der Waals surface area contributed by atoms with Crippen LogP contribution in [0.5, 0.6) is 0 Å². The Bertz CT molecular complexity index is 165. The molecule has 0 aromatic heterocycles. The van der Waals surface area contributed by atoms with E-state index in [-0.39, 0.29) is 6.03 Å². The lowest BCUT2D eigenvalue weighted by Crippen LogP contribution is -2.41. The van der Waals surface area contributed by atoms with Gasteiger partial charge in [-0.15, -0.1) is 0 Å². The third kappa shape index (κ3) is 6.36. The van der Waals surface area contributed by atoms with Gasteiger partial charge in [0.1, 0.15) is 13.2 Å². The molecule has 0 aliphatic heterocycles. The van der Waals surface area contributed by atoms with Crippen molar-refractivity contribution in [1.29, 1.82) is 0 Å². The van der Waals surface area contributed by atoms with Crippen molar-refractivity contribution in [1.82, 2.24) is 10.4 Å². The first-order valence-electron chi connectivity index (χ1n) is 4.25. The zero-order valence-corrected chi connectivity index (χ0v) is 9.13. The zero-order chi connectivity index (χ0) is 10.5. The van der Waals surface area contributed by atoms with Crippen LogP contribution in [0.3, 0.4) is 0 Å². The number of quaternary nitrogens is 1. The van der Waals surface area contributed by atoms with Crippen molar-refractivity contribution in [3.8, 4) is 0 Å². The molecule has 0 saturated heterocycles. The van der Waals surface area contributed by atoms with Crippen LogP contribution < -0.4 is 5.32 Å². The molecule has 0 unspecified atom stereocenters. The Labute approximate surface area is 79.8 Å². The maximum atomic E-state index is 11.0. The molecule has 0 saturated carbocycles. The highest BCUT2D eigenvalue weighted by Gasteiger charge is 2.10. The number of amides is 2. The number of likely N-dealkylation sites (N-methyl/N-ethyl adjacent to an activating group) is 1. The average Bonchev–Trinajstić information content (AvgIpc) is 2.00. The molecule has 13 heavy (non-hydrogen) atoms. The van der Waals surface area contributed by atoms with Crippen LogP contribution >= 0.6 is 0 Å². The Morgan fingerprint density at radius 1 is 1.46 bits per heavy atom. The van der Waals surface area contributed by atoms with Crippen LogP contribution in [0.15, 0.2) is 0 Å². The SMILES string of the molecule is CNC(=O)N(C)OCC[N+](C)(C)C. The van der Waals surface area contributed by atoms with Gasteiger partial charge in [0.25, 0.3) is 0 Å². The van der Waals surface area contributed by atoms with Crippen LogP contribution in [0.2, 0.25) is 0 Å². The van der Waals surface area contributed by atoms with Crippen LogP contribution in [-0.4, -0.2) is 64.0 Å². The molecule has 0 radical (unpaired) electrons. The number of carbonyl (C=O) groups excluding carboxylic acids is 1. The molecule has 0 aromatic carbocycles. The summed E-state index contributed by atoms with van der Waals surface area (Å²) in [6, 6.07) is -0.235. The van der Waals surface area contributed by atoms with E-state index in [4.69, 9.17) is 4.84 Å². The molecular weight excluding hydrogens is 170 g/mol. The van der Waals surface area contributed by atoms with Gasteiger partial charge in [0.2, 0.25) is 0 Å². The third-order valence-corrected chi connectivity index (χ3v) is 1.55. The molecule has 0 atom stereocenters. The van der Waals surface area contributed by atoms with E-state index >= 15 is 0 Å². The van der Waals surface area contributed by atoms with Crippen molar-refractivity contribution < 1.29 is 14.1 Å². The summed E-state index contributed by atoms with van der Waals surface area (Å²) in [4.78, 5) is 16.1. The molecule has 0 fully saturated rings. The van der Waals surface area contributed by atoms with Crippen LogP contribution in [0.25, 0.3) is 0 Å². The highest BCUT2D eigenvalue weighted by molar-refractivity contribution is 5.72. The fraction of sp³-hybridized carbons (Fsp3) is 0.875. The summed E-state index contributed by atoms with van der Waals surface area (Å²) >= 11 is 0. The maximum absolute atomic E-state index is 11.0. The summed E-state index contributed by atoms with van der Waals surface area (Å²) in [5.41, 5.74) is 0. The van der Waals surface area contributed by atoms with Crippen molar-refractivity contribution in [2.24, 2.45) is 0 Å².